The number of carbonyl (C=O) groups is 3. The van der Waals surface area contributed by atoms with Gasteiger partial charge in [-0.2, -0.15) is 0 Å². The van der Waals surface area contributed by atoms with Crippen molar-refractivity contribution in [1.82, 2.24) is 14.9 Å². The van der Waals surface area contributed by atoms with Gasteiger partial charge in [0.05, 0.1) is 18.7 Å². The summed E-state index contributed by atoms with van der Waals surface area (Å²) in [6, 6.07) is 3.35. The Balaban J connectivity index is 1.53. The maximum Gasteiger partial charge on any atom is 0.350 e. The fourth-order valence-corrected chi connectivity index (χ4v) is 3.98. The summed E-state index contributed by atoms with van der Waals surface area (Å²) in [6.45, 7) is 2.93. The molecule has 0 aliphatic carbocycles. The van der Waals surface area contributed by atoms with E-state index in [-0.39, 0.29) is 17.8 Å². The van der Waals surface area contributed by atoms with Crippen LogP contribution in [0.25, 0.3) is 0 Å². The number of hydrogen-bond acceptors (Lipinski definition) is 9. The molecular weight excluding hydrogens is 410 g/mol. The van der Waals surface area contributed by atoms with Crippen molar-refractivity contribution in [3.05, 3.63) is 34.8 Å². The van der Waals surface area contributed by atoms with Crippen LogP contribution in [0, 0.1) is 5.92 Å². The minimum Gasteiger partial charge on any atom is -0.481 e. The Kier molecular flexibility index (Phi) is 7.31. The largest absolute Gasteiger partial charge is 0.481 e. The summed E-state index contributed by atoms with van der Waals surface area (Å²) in [7, 11) is 1.26. The van der Waals surface area contributed by atoms with Gasteiger partial charge in [0.25, 0.3) is 0 Å². The summed E-state index contributed by atoms with van der Waals surface area (Å²) >= 11 is 1.15. The molecule has 0 unspecified atom stereocenters. The molecule has 0 aromatic carbocycles. The van der Waals surface area contributed by atoms with Gasteiger partial charge in [0.1, 0.15) is 4.88 Å². The molecule has 3 heterocycles. The standard InChI is InChI=1S/C19H23N5O5S/c1-29-18(28)16-14(3-10-30-16)22-15(25)11-13(17(26)27)12-23-6-8-24(9-7-23)19-20-4-2-5-21-19/h2-5,10,13H,6-9,11-12H2,1H3,(H,22,25)(H,26,27)/t13-/m0/s1. The summed E-state index contributed by atoms with van der Waals surface area (Å²) in [6.07, 6.45) is 3.19. The Morgan fingerprint density at radius 3 is 2.57 bits per heavy atom. The van der Waals surface area contributed by atoms with Crippen LogP contribution in [0.3, 0.4) is 0 Å². The Morgan fingerprint density at radius 1 is 1.23 bits per heavy atom. The third kappa shape index (κ3) is 5.51. The number of ether oxygens (including phenoxy) is 1. The van der Waals surface area contributed by atoms with Crippen molar-refractivity contribution in [3.8, 4) is 0 Å². The molecule has 0 bridgehead atoms. The molecule has 1 atom stereocenters. The molecule has 1 aliphatic rings. The number of hydrogen-bond donors (Lipinski definition) is 2. The molecule has 11 heteroatoms. The van der Waals surface area contributed by atoms with Gasteiger partial charge in [-0.25, -0.2) is 14.8 Å². The third-order valence-electron chi connectivity index (χ3n) is 4.78. The summed E-state index contributed by atoms with van der Waals surface area (Å²) in [5, 5.41) is 13.9. The van der Waals surface area contributed by atoms with Crippen molar-refractivity contribution in [3.63, 3.8) is 0 Å². The number of carboxylic acid groups (broad SMARTS) is 1. The third-order valence-corrected chi connectivity index (χ3v) is 5.67. The average Bonchev–Trinajstić information content (AvgIpc) is 3.21. The molecule has 160 valence electrons. The smallest absolute Gasteiger partial charge is 0.350 e. The fourth-order valence-electron chi connectivity index (χ4n) is 3.21. The van der Waals surface area contributed by atoms with E-state index in [1.54, 1.807) is 29.9 Å². The number of nitrogens with zero attached hydrogens (tertiary/aromatic N) is 4. The second-order valence-corrected chi connectivity index (χ2v) is 7.70. The number of carbonyl (C=O) groups excluding carboxylic acids is 2. The van der Waals surface area contributed by atoms with E-state index in [9.17, 15) is 19.5 Å². The number of aromatic nitrogens is 2. The van der Waals surface area contributed by atoms with Crippen LogP contribution in [-0.2, 0) is 14.3 Å². The summed E-state index contributed by atoms with van der Waals surface area (Å²) in [5.41, 5.74) is 0.331. The molecule has 0 saturated carbocycles. The van der Waals surface area contributed by atoms with Gasteiger partial charge in [-0.1, -0.05) is 0 Å². The SMILES string of the molecule is COC(=O)c1sccc1NC(=O)C[C@@H](CN1CCN(c2ncccn2)CC1)C(=O)O. The molecule has 10 nitrogen and oxygen atoms in total. The molecule has 1 aliphatic heterocycles. The van der Waals surface area contributed by atoms with Gasteiger partial charge in [-0.05, 0) is 17.5 Å². The van der Waals surface area contributed by atoms with Crippen LogP contribution in [0.15, 0.2) is 29.9 Å². The number of rotatable bonds is 8. The van der Waals surface area contributed by atoms with Crippen molar-refractivity contribution < 1.29 is 24.2 Å². The van der Waals surface area contributed by atoms with Gasteiger partial charge >= 0.3 is 11.9 Å². The molecule has 2 aromatic rings. The molecule has 2 aromatic heterocycles. The van der Waals surface area contributed by atoms with Crippen LogP contribution in [0.5, 0.6) is 0 Å². The van der Waals surface area contributed by atoms with Gasteiger partial charge < -0.3 is 20.1 Å². The molecule has 2 N–H and O–H groups in total. The highest BCUT2D eigenvalue weighted by Crippen LogP contribution is 2.24. The number of carboxylic acids is 1. The van der Waals surface area contributed by atoms with Gasteiger partial charge in [-0.15, -0.1) is 11.3 Å². The molecule has 1 saturated heterocycles. The minimum atomic E-state index is -1.03. The number of thiophene rings is 1. The van der Waals surface area contributed by atoms with Crippen molar-refractivity contribution in [2.75, 3.05) is 50.1 Å². The number of aliphatic carboxylic acids is 1. The first-order valence-electron chi connectivity index (χ1n) is 9.40. The lowest BCUT2D eigenvalue weighted by Crippen LogP contribution is -2.49. The van der Waals surface area contributed by atoms with E-state index < -0.39 is 23.8 Å². The Morgan fingerprint density at radius 2 is 1.93 bits per heavy atom. The predicted octanol–water partition coefficient (Wildman–Crippen LogP) is 1.18. The Labute approximate surface area is 177 Å². The first kappa shape index (κ1) is 21.7. The molecule has 3 rings (SSSR count). The summed E-state index contributed by atoms with van der Waals surface area (Å²) in [4.78, 5) is 48.6. The molecule has 1 fully saturated rings. The summed E-state index contributed by atoms with van der Waals surface area (Å²) < 4.78 is 4.68. The average molecular weight is 433 g/mol. The normalized spacial score (nSPS) is 15.4. The Bertz CT molecular complexity index is 882. The monoisotopic (exact) mass is 433 g/mol. The van der Waals surface area contributed by atoms with E-state index in [2.05, 4.69) is 20.0 Å². The van der Waals surface area contributed by atoms with E-state index in [1.165, 1.54) is 7.11 Å². The number of esters is 1. The van der Waals surface area contributed by atoms with Crippen LogP contribution in [-0.4, -0.2) is 77.7 Å². The van der Waals surface area contributed by atoms with Crippen molar-refractivity contribution in [1.29, 1.82) is 0 Å². The van der Waals surface area contributed by atoms with Crippen molar-refractivity contribution in [2.24, 2.45) is 5.92 Å². The van der Waals surface area contributed by atoms with Crippen molar-refractivity contribution >= 4 is 40.8 Å². The predicted molar refractivity (Wildman–Crippen MR) is 111 cm³/mol. The van der Waals surface area contributed by atoms with E-state index in [0.717, 1.165) is 11.3 Å². The highest BCUT2D eigenvalue weighted by molar-refractivity contribution is 7.12. The van der Waals surface area contributed by atoms with Crippen LogP contribution >= 0.6 is 11.3 Å². The highest BCUT2D eigenvalue weighted by atomic mass is 32.1. The lowest BCUT2D eigenvalue weighted by Gasteiger charge is -2.35. The molecule has 0 spiro atoms. The molecule has 1 amide bonds. The minimum absolute atomic E-state index is 0.187. The first-order valence-corrected chi connectivity index (χ1v) is 10.3. The molecule has 30 heavy (non-hydrogen) atoms. The van der Waals surface area contributed by atoms with E-state index >= 15 is 0 Å². The van der Waals surface area contributed by atoms with E-state index in [0.29, 0.717) is 37.8 Å². The van der Waals surface area contributed by atoms with Gasteiger partial charge in [0, 0.05) is 51.5 Å². The van der Waals surface area contributed by atoms with Gasteiger partial charge in [0.15, 0.2) is 0 Å². The maximum atomic E-state index is 12.4. The Hall–Kier alpha value is -3.05. The molecule has 0 radical (unpaired) electrons. The van der Waals surface area contributed by atoms with E-state index in [1.807, 2.05) is 9.80 Å². The van der Waals surface area contributed by atoms with Crippen molar-refractivity contribution in [2.45, 2.75) is 6.42 Å². The quantitative estimate of drug-likeness (QED) is 0.590. The second kappa shape index (κ2) is 10.1. The number of amides is 1. The van der Waals surface area contributed by atoms with Gasteiger partial charge in [-0.3, -0.25) is 14.5 Å². The zero-order chi connectivity index (χ0) is 21.5. The summed E-state index contributed by atoms with van der Waals surface area (Å²) in [5.74, 6) is -2.23. The highest BCUT2D eigenvalue weighted by Gasteiger charge is 2.27. The second-order valence-electron chi connectivity index (χ2n) is 6.78. The van der Waals surface area contributed by atoms with Gasteiger partial charge in [0.2, 0.25) is 11.9 Å². The zero-order valence-corrected chi connectivity index (χ0v) is 17.3. The number of piperazine rings is 1. The van der Waals surface area contributed by atoms with Crippen LogP contribution < -0.4 is 10.2 Å². The van der Waals surface area contributed by atoms with E-state index in [4.69, 9.17) is 0 Å². The van der Waals surface area contributed by atoms with Crippen LogP contribution in [0.2, 0.25) is 0 Å². The van der Waals surface area contributed by atoms with Crippen LogP contribution in [0.1, 0.15) is 16.1 Å². The lowest BCUT2D eigenvalue weighted by atomic mass is 10.0. The zero-order valence-electron chi connectivity index (χ0n) is 16.5. The number of methoxy groups -OCH3 is 1. The molecular formula is C19H23N5O5S. The first-order chi connectivity index (χ1) is 14.5. The fraction of sp³-hybridized carbons (Fsp3) is 0.421. The van der Waals surface area contributed by atoms with Crippen LogP contribution in [0.4, 0.5) is 11.6 Å². The number of anilines is 2. The maximum absolute atomic E-state index is 12.4. The lowest BCUT2D eigenvalue weighted by molar-refractivity contribution is -0.144. The topological polar surface area (TPSA) is 125 Å². The number of nitrogens with one attached hydrogen (secondary N) is 1.